The molecule has 1 amide bonds. The van der Waals surface area contributed by atoms with Gasteiger partial charge in [0.1, 0.15) is 0 Å². The molecule has 0 bridgehead atoms. The maximum Gasteiger partial charge on any atom is 0.227 e. The van der Waals surface area contributed by atoms with Crippen molar-refractivity contribution in [2.24, 2.45) is 0 Å². The van der Waals surface area contributed by atoms with Gasteiger partial charge in [0, 0.05) is 37.8 Å². The van der Waals surface area contributed by atoms with Gasteiger partial charge in [0.2, 0.25) is 11.7 Å². The summed E-state index contributed by atoms with van der Waals surface area (Å²) in [6, 6.07) is 7.81. The van der Waals surface area contributed by atoms with Gasteiger partial charge < -0.3 is 10.0 Å². The van der Waals surface area contributed by atoms with E-state index in [9.17, 15) is 9.90 Å². The molecule has 2 N–H and O–H groups in total. The van der Waals surface area contributed by atoms with Crippen LogP contribution in [0.2, 0.25) is 0 Å². The van der Waals surface area contributed by atoms with E-state index in [1.165, 1.54) is 0 Å². The number of carbonyl (C=O) groups is 1. The average Bonchev–Trinajstić information content (AvgIpc) is 3.09. The van der Waals surface area contributed by atoms with Crippen LogP contribution < -0.4 is 0 Å². The van der Waals surface area contributed by atoms with Gasteiger partial charge >= 0.3 is 0 Å². The number of nitrogens with zero attached hydrogens (tertiary/aromatic N) is 5. The fourth-order valence-corrected chi connectivity index (χ4v) is 3.32. The number of aromatic amines is 1. The van der Waals surface area contributed by atoms with E-state index in [1.54, 1.807) is 6.92 Å². The molecule has 134 valence electrons. The monoisotopic (exact) mass is 344 g/mol. The Hall–Kier alpha value is -2.32. The minimum Gasteiger partial charge on any atom is -0.392 e. The predicted octanol–water partition coefficient (Wildman–Crippen LogP) is 0.323. The Kier molecular flexibility index (Phi) is 5.40. The number of H-pyrrole nitrogens is 1. The van der Waals surface area contributed by atoms with Gasteiger partial charge in [0.05, 0.1) is 12.5 Å². The lowest BCUT2D eigenvalue weighted by atomic mass is 10.1. The number of tetrazole rings is 1. The molecule has 8 nitrogen and oxygen atoms in total. The van der Waals surface area contributed by atoms with Gasteiger partial charge in [-0.05, 0) is 30.7 Å². The number of β-amino-alcohol motifs (C(OH)–C–C–N with tert-alkyl or cyclic N) is 1. The lowest BCUT2D eigenvalue weighted by Crippen LogP contribution is -2.55. The van der Waals surface area contributed by atoms with Crippen molar-refractivity contribution in [3.63, 3.8) is 0 Å². The van der Waals surface area contributed by atoms with E-state index in [0.29, 0.717) is 25.3 Å². The number of aliphatic hydroxyl groups is 1. The smallest absolute Gasteiger partial charge is 0.227 e. The van der Waals surface area contributed by atoms with Crippen molar-refractivity contribution < 1.29 is 9.90 Å². The maximum absolute atomic E-state index is 12.7. The topological polar surface area (TPSA) is 98.2 Å². The van der Waals surface area contributed by atoms with Gasteiger partial charge in [-0.25, -0.2) is 0 Å². The van der Waals surface area contributed by atoms with Gasteiger partial charge in [0.25, 0.3) is 0 Å². The number of hydrogen-bond donors (Lipinski definition) is 2. The maximum atomic E-state index is 12.7. The number of rotatable bonds is 5. The molecule has 1 aliphatic heterocycles. The number of nitrogens with one attached hydrogen (secondary N) is 1. The van der Waals surface area contributed by atoms with E-state index < -0.39 is 0 Å². The standard InChI is InChI=1S/C17H24N6O2/c1-12-10-22(11-13(2)24)6-7-23(12)16(25)9-14-4-3-5-15(8-14)17-18-20-21-19-17/h3-5,8,12-13,24H,6-7,9-11H2,1-2H3,(H,18,19,20,21). The number of benzene rings is 1. The molecular weight excluding hydrogens is 320 g/mol. The molecule has 2 unspecified atom stereocenters. The number of hydrogen-bond acceptors (Lipinski definition) is 6. The van der Waals surface area contributed by atoms with Gasteiger partial charge in [-0.2, -0.15) is 5.21 Å². The summed E-state index contributed by atoms with van der Waals surface area (Å²) in [5.74, 6) is 0.642. The highest BCUT2D eigenvalue weighted by atomic mass is 16.3. The van der Waals surface area contributed by atoms with Crippen LogP contribution in [-0.4, -0.2) is 79.8 Å². The van der Waals surface area contributed by atoms with Gasteiger partial charge in [0.15, 0.2) is 0 Å². The highest BCUT2D eigenvalue weighted by molar-refractivity contribution is 5.79. The largest absolute Gasteiger partial charge is 0.392 e. The third kappa shape index (κ3) is 4.40. The van der Waals surface area contributed by atoms with Crippen molar-refractivity contribution in [3.8, 4) is 11.4 Å². The summed E-state index contributed by atoms with van der Waals surface area (Å²) < 4.78 is 0. The molecule has 8 heteroatoms. The Labute approximate surface area is 146 Å². The third-order valence-electron chi connectivity index (χ3n) is 4.44. The first-order valence-corrected chi connectivity index (χ1v) is 8.55. The molecule has 3 rings (SSSR count). The summed E-state index contributed by atoms with van der Waals surface area (Å²) in [7, 11) is 0. The summed E-state index contributed by atoms with van der Waals surface area (Å²) in [5, 5.41) is 23.5. The first-order valence-electron chi connectivity index (χ1n) is 8.55. The molecule has 2 heterocycles. The summed E-state index contributed by atoms with van der Waals surface area (Å²) >= 11 is 0. The number of aromatic nitrogens is 4. The van der Waals surface area contributed by atoms with E-state index >= 15 is 0 Å². The molecule has 0 saturated carbocycles. The third-order valence-corrected chi connectivity index (χ3v) is 4.44. The van der Waals surface area contributed by atoms with Crippen molar-refractivity contribution in [2.75, 3.05) is 26.2 Å². The zero-order valence-electron chi connectivity index (χ0n) is 14.6. The lowest BCUT2D eigenvalue weighted by molar-refractivity contribution is -0.135. The molecule has 2 atom stereocenters. The first-order chi connectivity index (χ1) is 12.0. The van der Waals surface area contributed by atoms with Gasteiger partial charge in [-0.1, -0.05) is 18.2 Å². The SMILES string of the molecule is CC(O)CN1CCN(C(=O)Cc2cccc(-c3nn[nH]n3)c2)C(C)C1. The molecule has 0 spiro atoms. The van der Waals surface area contributed by atoms with Crippen LogP contribution in [0.5, 0.6) is 0 Å². The molecule has 0 radical (unpaired) electrons. The van der Waals surface area contributed by atoms with Crippen LogP contribution in [0.3, 0.4) is 0 Å². The van der Waals surface area contributed by atoms with Crippen LogP contribution in [-0.2, 0) is 11.2 Å². The Morgan fingerprint density at radius 1 is 1.44 bits per heavy atom. The fourth-order valence-electron chi connectivity index (χ4n) is 3.32. The zero-order valence-corrected chi connectivity index (χ0v) is 14.6. The number of piperazine rings is 1. The van der Waals surface area contributed by atoms with Crippen molar-refractivity contribution in [3.05, 3.63) is 29.8 Å². The average molecular weight is 344 g/mol. The number of amides is 1. The molecule has 1 saturated heterocycles. The normalized spacial score (nSPS) is 19.8. The number of aliphatic hydroxyl groups excluding tert-OH is 1. The Morgan fingerprint density at radius 3 is 2.96 bits per heavy atom. The molecule has 0 aliphatic carbocycles. The highest BCUT2D eigenvalue weighted by Gasteiger charge is 2.27. The second-order valence-corrected chi connectivity index (χ2v) is 6.66. The van der Waals surface area contributed by atoms with E-state index in [4.69, 9.17) is 0 Å². The first kappa shape index (κ1) is 17.5. The molecule has 1 aromatic carbocycles. The Balaban J connectivity index is 1.62. The van der Waals surface area contributed by atoms with Gasteiger partial charge in [-0.15, -0.1) is 10.2 Å². The van der Waals surface area contributed by atoms with Crippen molar-refractivity contribution in [2.45, 2.75) is 32.4 Å². The fraction of sp³-hybridized carbons (Fsp3) is 0.529. The van der Waals surface area contributed by atoms with Crippen molar-refractivity contribution >= 4 is 5.91 Å². The van der Waals surface area contributed by atoms with Crippen LogP contribution in [0.25, 0.3) is 11.4 Å². The molecule has 1 aromatic heterocycles. The second kappa shape index (κ2) is 7.71. The van der Waals surface area contributed by atoms with Crippen LogP contribution in [0.1, 0.15) is 19.4 Å². The predicted molar refractivity (Wildman–Crippen MR) is 92.6 cm³/mol. The Bertz CT molecular complexity index is 703. The molecular formula is C17H24N6O2. The highest BCUT2D eigenvalue weighted by Crippen LogP contribution is 2.17. The van der Waals surface area contributed by atoms with E-state index in [2.05, 4.69) is 32.4 Å². The molecule has 25 heavy (non-hydrogen) atoms. The lowest BCUT2D eigenvalue weighted by Gasteiger charge is -2.40. The zero-order chi connectivity index (χ0) is 17.8. The van der Waals surface area contributed by atoms with Crippen LogP contribution >= 0.6 is 0 Å². The quantitative estimate of drug-likeness (QED) is 0.811. The van der Waals surface area contributed by atoms with Crippen LogP contribution in [0, 0.1) is 0 Å². The minimum absolute atomic E-state index is 0.120. The summed E-state index contributed by atoms with van der Waals surface area (Å²) in [6.07, 6.45) is 0.00854. The van der Waals surface area contributed by atoms with Crippen LogP contribution in [0.15, 0.2) is 24.3 Å². The summed E-state index contributed by atoms with van der Waals surface area (Å²) in [4.78, 5) is 16.8. The second-order valence-electron chi connectivity index (χ2n) is 6.66. The van der Waals surface area contributed by atoms with E-state index in [0.717, 1.165) is 24.2 Å². The summed E-state index contributed by atoms with van der Waals surface area (Å²) in [5.41, 5.74) is 1.78. The Morgan fingerprint density at radius 2 is 2.28 bits per heavy atom. The van der Waals surface area contributed by atoms with Crippen molar-refractivity contribution in [1.82, 2.24) is 30.4 Å². The van der Waals surface area contributed by atoms with Crippen molar-refractivity contribution in [1.29, 1.82) is 0 Å². The summed E-state index contributed by atoms with van der Waals surface area (Å²) in [6.45, 7) is 6.78. The minimum atomic E-state index is -0.345. The molecule has 1 aliphatic rings. The van der Waals surface area contributed by atoms with E-state index in [1.807, 2.05) is 29.2 Å². The molecule has 2 aromatic rings. The van der Waals surface area contributed by atoms with Crippen LogP contribution in [0.4, 0.5) is 0 Å². The molecule has 1 fully saturated rings. The van der Waals surface area contributed by atoms with E-state index in [-0.39, 0.29) is 18.1 Å². The van der Waals surface area contributed by atoms with Gasteiger partial charge in [-0.3, -0.25) is 9.69 Å². The number of carbonyl (C=O) groups excluding carboxylic acids is 1.